The molecule has 1 saturated carbocycles. The average Bonchev–Trinajstić information content (AvgIpc) is 2.29. The number of rotatable bonds is 2. The molecule has 0 spiro atoms. The molecule has 2 atom stereocenters. The number of esters is 1. The first kappa shape index (κ1) is 11.9. The van der Waals surface area contributed by atoms with E-state index in [1.165, 1.54) is 12.6 Å². The zero-order chi connectivity index (χ0) is 12.3. The Hall–Kier alpha value is -1.58. The number of ether oxygens (including phenoxy) is 1. The van der Waals surface area contributed by atoms with Crippen LogP contribution in [0.2, 0.25) is 0 Å². The lowest BCUT2D eigenvalue weighted by molar-refractivity contribution is 0.0156. The van der Waals surface area contributed by atoms with Gasteiger partial charge in [0.15, 0.2) is 0 Å². The number of nitrogens with zero attached hydrogens (tertiary/aromatic N) is 1. The molecule has 0 aliphatic heterocycles. The van der Waals surface area contributed by atoms with E-state index in [-0.39, 0.29) is 12.1 Å². The zero-order valence-corrected chi connectivity index (χ0v) is 10.1. The predicted molar refractivity (Wildman–Crippen MR) is 65.5 cm³/mol. The fourth-order valence-corrected chi connectivity index (χ4v) is 2.29. The van der Waals surface area contributed by atoms with Crippen molar-refractivity contribution in [3.8, 4) is 0 Å². The lowest BCUT2D eigenvalue weighted by Crippen LogP contribution is -2.25. The van der Waals surface area contributed by atoms with E-state index in [1.807, 2.05) is 0 Å². The molecule has 92 valence electrons. The summed E-state index contributed by atoms with van der Waals surface area (Å²) in [5, 5.41) is 0. The van der Waals surface area contributed by atoms with Gasteiger partial charge in [0.2, 0.25) is 0 Å². The largest absolute Gasteiger partial charge is 0.459 e. The van der Waals surface area contributed by atoms with Crippen molar-refractivity contribution >= 4 is 11.7 Å². The van der Waals surface area contributed by atoms with Gasteiger partial charge in [-0.05, 0) is 31.2 Å². The smallest absolute Gasteiger partial charge is 0.340 e. The van der Waals surface area contributed by atoms with Gasteiger partial charge in [0.1, 0.15) is 6.10 Å². The average molecular weight is 234 g/mol. The summed E-state index contributed by atoms with van der Waals surface area (Å²) in [6.07, 6.45) is 7.34. The lowest BCUT2D eigenvalue weighted by atomic mass is 9.89. The third-order valence-electron chi connectivity index (χ3n) is 3.23. The van der Waals surface area contributed by atoms with Gasteiger partial charge in [0, 0.05) is 6.20 Å². The maximum absolute atomic E-state index is 11.9. The van der Waals surface area contributed by atoms with E-state index >= 15 is 0 Å². The standard InChI is InChI=1S/C13H18N2O2/c1-9-3-2-4-10(7-9)17-13(16)11-5-6-15-8-12(11)14/h5-6,8-10H,2-4,7,14H2,1H3. The van der Waals surface area contributed by atoms with Crippen molar-refractivity contribution in [1.82, 2.24) is 4.98 Å². The third kappa shape index (κ3) is 2.96. The molecule has 1 fully saturated rings. The maximum atomic E-state index is 11.9. The Morgan fingerprint density at radius 2 is 2.35 bits per heavy atom. The van der Waals surface area contributed by atoms with Crippen LogP contribution >= 0.6 is 0 Å². The van der Waals surface area contributed by atoms with Crippen LogP contribution in [0.1, 0.15) is 43.0 Å². The second-order valence-electron chi connectivity index (χ2n) is 4.76. The number of pyridine rings is 1. The summed E-state index contributed by atoms with van der Waals surface area (Å²) in [7, 11) is 0. The Morgan fingerprint density at radius 3 is 3.06 bits per heavy atom. The summed E-state index contributed by atoms with van der Waals surface area (Å²) in [6.45, 7) is 2.20. The summed E-state index contributed by atoms with van der Waals surface area (Å²) < 4.78 is 5.48. The van der Waals surface area contributed by atoms with Crippen LogP contribution < -0.4 is 5.73 Å². The SMILES string of the molecule is CC1CCCC(OC(=O)c2ccncc2N)C1. The number of hydrogen-bond donors (Lipinski definition) is 1. The fraction of sp³-hybridized carbons (Fsp3) is 0.538. The molecule has 17 heavy (non-hydrogen) atoms. The highest BCUT2D eigenvalue weighted by atomic mass is 16.5. The third-order valence-corrected chi connectivity index (χ3v) is 3.23. The number of anilines is 1. The molecular formula is C13H18N2O2. The van der Waals surface area contributed by atoms with Crippen LogP contribution in [0.3, 0.4) is 0 Å². The van der Waals surface area contributed by atoms with Crippen molar-refractivity contribution in [3.05, 3.63) is 24.0 Å². The number of aromatic nitrogens is 1. The molecule has 0 amide bonds. The van der Waals surface area contributed by atoms with Crippen molar-refractivity contribution in [2.24, 2.45) is 5.92 Å². The predicted octanol–water partition coefficient (Wildman–Crippen LogP) is 2.40. The van der Waals surface area contributed by atoms with Gasteiger partial charge in [0.25, 0.3) is 0 Å². The lowest BCUT2D eigenvalue weighted by Gasteiger charge is -2.26. The molecule has 1 aromatic rings. The van der Waals surface area contributed by atoms with Crippen molar-refractivity contribution in [2.45, 2.75) is 38.7 Å². The first-order chi connectivity index (χ1) is 8.16. The quantitative estimate of drug-likeness (QED) is 0.798. The zero-order valence-electron chi connectivity index (χ0n) is 10.1. The summed E-state index contributed by atoms with van der Waals surface area (Å²) in [5.41, 5.74) is 6.48. The van der Waals surface area contributed by atoms with Crippen molar-refractivity contribution in [3.63, 3.8) is 0 Å². The molecule has 2 unspecified atom stereocenters. The van der Waals surface area contributed by atoms with Crippen LogP contribution in [-0.2, 0) is 4.74 Å². The molecular weight excluding hydrogens is 216 g/mol. The molecule has 4 nitrogen and oxygen atoms in total. The van der Waals surface area contributed by atoms with Gasteiger partial charge in [-0.15, -0.1) is 0 Å². The molecule has 1 heterocycles. The number of nitrogen functional groups attached to an aromatic ring is 1. The summed E-state index contributed by atoms with van der Waals surface area (Å²) in [6, 6.07) is 1.60. The van der Waals surface area contributed by atoms with Crippen LogP contribution in [-0.4, -0.2) is 17.1 Å². The van der Waals surface area contributed by atoms with Crippen molar-refractivity contribution < 1.29 is 9.53 Å². The summed E-state index contributed by atoms with van der Waals surface area (Å²) in [4.78, 5) is 15.8. The van der Waals surface area contributed by atoms with Gasteiger partial charge >= 0.3 is 5.97 Å². The van der Waals surface area contributed by atoms with E-state index in [4.69, 9.17) is 10.5 Å². The Kier molecular flexibility index (Phi) is 3.61. The van der Waals surface area contributed by atoms with E-state index in [9.17, 15) is 4.79 Å². The fourth-order valence-electron chi connectivity index (χ4n) is 2.29. The van der Waals surface area contributed by atoms with Gasteiger partial charge < -0.3 is 10.5 Å². The number of hydrogen-bond acceptors (Lipinski definition) is 4. The topological polar surface area (TPSA) is 65.2 Å². The highest BCUT2D eigenvalue weighted by molar-refractivity contribution is 5.94. The first-order valence-corrected chi connectivity index (χ1v) is 6.07. The van der Waals surface area contributed by atoms with Crippen LogP contribution in [0.5, 0.6) is 0 Å². The van der Waals surface area contributed by atoms with Crippen LogP contribution in [0.15, 0.2) is 18.5 Å². The monoisotopic (exact) mass is 234 g/mol. The molecule has 2 N–H and O–H groups in total. The van der Waals surface area contributed by atoms with Gasteiger partial charge in [-0.25, -0.2) is 4.79 Å². The Labute approximate surface area is 101 Å². The first-order valence-electron chi connectivity index (χ1n) is 6.07. The van der Waals surface area contributed by atoms with Crippen molar-refractivity contribution in [2.75, 3.05) is 5.73 Å². The number of carbonyl (C=O) groups is 1. The molecule has 2 rings (SSSR count). The number of nitrogens with two attached hydrogens (primary N) is 1. The molecule has 0 aromatic carbocycles. The summed E-state index contributed by atoms with van der Waals surface area (Å²) in [5.74, 6) is 0.306. The highest BCUT2D eigenvalue weighted by Gasteiger charge is 2.23. The molecule has 0 bridgehead atoms. The van der Waals surface area contributed by atoms with Gasteiger partial charge in [-0.3, -0.25) is 4.98 Å². The molecule has 1 aliphatic rings. The molecule has 1 aliphatic carbocycles. The van der Waals surface area contributed by atoms with Gasteiger partial charge in [-0.2, -0.15) is 0 Å². The van der Waals surface area contributed by atoms with Crippen LogP contribution in [0.4, 0.5) is 5.69 Å². The minimum absolute atomic E-state index is 0.0406. The Balaban J connectivity index is 1.99. The normalized spacial score (nSPS) is 24.3. The molecule has 0 radical (unpaired) electrons. The minimum atomic E-state index is -0.330. The van der Waals surface area contributed by atoms with Crippen LogP contribution in [0, 0.1) is 5.92 Å². The maximum Gasteiger partial charge on any atom is 0.340 e. The number of carbonyl (C=O) groups excluding carboxylic acids is 1. The molecule has 4 heteroatoms. The minimum Gasteiger partial charge on any atom is -0.459 e. The molecule has 0 saturated heterocycles. The van der Waals surface area contributed by atoms with Crippen LogP contribution in [0.25, 0.3) is 0 Å². The second kappa shape index (κ2) is 5.17. The highest BCUT2D eigenvalue weighted by Crippen LogP contribution is 2.26. The Morgan fingerprint density at radius 1 is 1.53 bits per heavy atom. The Bertz CT molecular complexity index is 406. The van der Waals surface area contributed by atoms with E-state index < -0.39 is 0 Å². The van der Waals surface area contributed by atoms with E-state index in [1.54, 1.807) is 12.3 Å². The van der Waals surface area contributed by atoms with Crippen molar-refractivity contribution in [1.29, 1.82) is 0 Å². The van der Waals surface area contributed by atoms with E-state index in [0.29, 0.717) is 17.2 Å². The van der Waals surface area contributed by atoms with E-state index in [0.717, 1.165) is 19.3 Å². The second-order valence-corrected chi connectivity index (χ2v) is 4.76. The molecule has 1 aromatic heterocycles. The van der Waals surface area contributed by atoms with E-state index in [2.05, 4.69) is 11.9 Å². The van der Waals surface area contributed by atoms with Gasteiger partial charge in [0.05, 0.1) is 17.4 Å². The van der Waals surface area contributed by atoms with Gasteiger partial charge in [-0.1, -0.05) is 13.3 Å². The summed E-state index contributed by atoms with van der Waals surface area (Å²) >= 11 is 0.